The molecule has 0 spiro atoms. The maximum absolute atomic E-state index is 12.3. The standard InChI is InChI=1S/C12H15Cl2NO3S/c1-2-5-12(16)7-15(8-12)19(17,18)9-3-4-10(13)11(14)6-9/h3-4,6,16H,2,5,7-8H2,1H3. The van der Waals surface area contributed by atoms with Gasteiger partial charge in [0.1, 0.15) is 0 Å². The van der Waals surface area contributed by atoms with Crippen LogP contribution in [0.2, 0.25) is 10.0 Å². The van der Waals surface area contributed by atoms with Crippen molar-refractivity contribution in [2.75, 3.05) is 13.1 Å². The van der Waals surface area contributed by atoms with Gasteiger partial charge >= 0.3 is 0 Å². The van der Waals surface area contributed by atoms with E-state index in [1.165, 1.54) is 22.5 Å². The van der Waals surface area contributed by atoms with E-state index in [4.69, 9.17) is 23.2 Å². The van der Waals surface area contributed by atoms with Crippen LogP contribution < -0.4 is 0 Å². The van der Waals surface area contributed by atoms with Crippen LogP contribution in [0.15, 0.2) is 23.1 Å². The molecule has 0 unspecified atom stereocenters. The van der Waals surface area contributed by atoms with Crippen LogP contribution in [0.3, 0.4) is 0 Å². The van der Waals surface area contributed by atoms with Crippen molar-refractivity contribution in [2.45, 2.75) is 30.3 Å². The van der Waals surface area contributed by atoms with Crippen LogP contribution in [-0.4, -0.2) is 36.5 Å². The Morgan fingerprint density at radius 1 is 1.32 bits per heavy atom. The maximum Gasteiger partial charge on any atom is 0.243 e. The number of β-amino-alcohol motifs (C(OH)–C–C–N with tert-alkyl or cyclic N) is 1. The Morgan fingerprint density at radius 3 is 2.47 bits per heavy atom. The van der Waals surface area contributed by atoms with E-state index in [-0.39, 0.29) is 23.0 Å². The molecule has 0 radical (unpaired) electrons. The molecule has 0 aliphatic carbocycles. The third kappa shape index (κ3) is 2.90. The summed E-state index contributed by atoms with van der Waals surface area (Å²) in [7, 11) is -3.60. The number of hydrogen-bond acceptors (Lipinski definition) is 3. The van der Waals surface area contributed by atoms with Crippen LogP contribution in [0.25, 0.3) is 0 Å². The molecule has 1 aliphatic heterocycles. The highest BCUT2D eigenvalue weighted by Crippen LogP contribution is 2.33. The number of hydrogen-bond donors (Lipinski definition) is 1. The number of aliphatic hydroxyl groups is 1. The van der Waals surface area contributed by atoms with Crippen molar-refractivity contribution in [3.8, 4) is 0 Å². The quantitative estimate of drug-likeness (QED) is 0.926. The molecule has 1 N–H and O–H groups in total. The van der Waals surface area contributed by atoms with E-state index in [0.717, 1.165) is 6.42 Å². The van der Waals surface area contributed by atoms with E-state index in [0.29, 0.717) is 11.4 Å². The molecule has 1 fully saturated rings. The third-order valence-electron chi connectivity index (χ3n) is 3.19. The fourth-order valence-electron chi connectivity index (χ4n) is 2.19. The normalized spacial score (nSPS) is 19.2. The summed E-state index contributed by atoms with van der Waals surface area (Å²) >= 11 is 11.6. The van der Waals surface area contributed by atoms with Crippen molar-refractivity contribution in [3.05, 3.63) is 28.2 Å². The van der Waals surface area contributed by atoms with Crippen molar-refractivity contribution < 1.29 is 13.5 Å². The minimum absolute atomic E-state index is 0.0976. The van der Waals surface area contributed by atoms with Crippen LogP contribution >= 0.6 is 23.2 Å². The Hall–Kier alpha value is -0.330. The predicted molar refractivity (Wildman–Crippen MR) is 75.1 cm³/mol. The Balaban J connectivity index is 2.19. The SMILES string of the molecule is CCCC1(O)CN(S(=O)(=O)c2ccc(Cl)c(Cl)c2)C1. The molecule has 0 saturated carbocycles. The topological polar surface area (TPSA) is 57.6 Å². The Kier molecular flexibility index (Phi) is 4.14. The lowest BCUT2D eigenvalue weighted by Crippen LogP contribution is -2.63. The van der Waals surface area contributed by atoms with Gasteiger partial charge in [-0.15, -0.1) is 0 Å². The lowest BCUT2D eigenvalue weighted by atomic mass is 9.92. The molecule has 1 saturated heterocycles. The predicted octanol–water partition coefficient (Wildman–Crippen LogP) is 2.53. The van der Waals surface area contributed by atoms with E-state index in [1.807, 2.05) is 6.92 Å². The lowest BCUT2D eigenvalue weighted by Gasteiger charge is -2.45. The minimum atomic E-state index is -3.60. The van der Waals surface area contributed by atoms with E-state index in [9.17, 15) is 13.5 Å². The van der Waals surface area contributed by atoms with Gasteiger partial charge in [0.25, 0.3) is 0 Å². The molecule has 2 rings (SSSR count). The molecule has 7 heteroatoms. The zero-order chi connectivity index (χ0) is 14.3. The molecule has 0 bridgehead atoms. The summed E-state index contributed by atoms with van der Waals surface area (Å²) in [5.41, 5.74) is -0.891. The van der Waals surface area contributed by atoms with Crippen LogP contribution in [0.5, 0.6) is 0 Å². The van der Waals surface area contributed by atoms with Gasteiger partial charge in [0.2, 0.25) is 10.0 Å². The second-order valence-electron chi connectivity index (χ2n) is 4.82. The second-order valence-corrected chi connectivity index (χ2v) is 7.58. The number of halogens is 2. The van der Waals surface area contributed by atoms with Crippen LogP contribution in [0.4, 0.5) is 0 Å². The Labute approximate surface area is 123 Å². The highest BCUT2D eigenvalue weighted by Gasteiger charge is 2.46. The Morgan fingerprint density at radius 2 is 1.95 bits per heavy atom. The summed E-state index contributed by atoms with van der Waals surface area (Å²) in [6.07, 6.45) is 1.41. The van der Waals surface area contributed by atoms with Gasteiger partial charge in [-0.1, -0.05) is 36.5 Å². The molecule has 1 aromatic carbocycles. The summed E-state index contributed by atoms with van der Waals surface area (Å²) in [6.45, 7) is 2.21. The lowest BCUT2D eigenvalue weighted by molar-refractivity contribution is -0.0653. The highest BCUT2D eigenvalue weighted by atomic mass is 35.5. The first-order valence-corrected chi connectivity index (χ1v) is 8.16. The monoisotopic (exact) mass is 323 g/mol. The minimum Gasteiger partial charge on any atom is -0.387 e. The number of benzene rings is 1. The zero-order valence-electron chi connectivity index (χ0n) is 10.4. The van der Waals surface area contributed by atoms with E-state index in [1.54, 1.807) is 0 Å². The zero-order valence-corrected chi connectivity index (χ0v) is 12.8. The summed E-state index contributed by atoms with van der Waals surface area (Å²) in [6, 6.07) is 4.20. The van der Waals surface area contributed by atoms with Crippen molar-refractivity contribution in [3.63, 3.8) is 0 Å². The molecule has 4 nitrogen and oxygen atoms in total. The fourth-order valence-corrected chi connectivity index (χ4v) is 4.18. The van der Waals surface area contributed by atoms with Gasteiger partial charge in [0, 0.05) is 13.1 Å². The molecule has 1 aliphatic rings. The first-order chi connectivity index (χ1) is 8.78. The van der Waals surface area contributed by atoms with Crippen molar-refractivity contribution in [1.29, 1.82) is 0 Å². The summed E-state index contributed by atoms with van der Waals surface area (Å²) in [4.78, 5) is 0.0976. The van der Waals surface area contributed by atoms with Gasteiger partial charge in [0.15, 0.2) is 0 Å². The average Bonchev–Trinajstić information content (AvgIpc) is 2.29. The molecule has 1 heterocycles. The summed E-state index contributed by atoms with van der Waals surface area (Å²) in [5.74, 6) is 0. The molecule has 0 atom stereocenters. The van der Waals surface area contributed by atoms with Gasteiger partial charge in [-0.25, -0.2) is 8.42 Å². The van der Waals surface area contributed by atoms with Gasteiger partial charge in [0.05, 0.1) is 20.5 Å². The number of sulfonamides is 1. The van der Waals surface area contributed by atoms with E-state index >= 15 is 0 Å². The molecule has 106 valence electrons. The van der Waals surface area contributed by atoms with Gasteiger partial charge in [-0.05, 0) is 24.6 Å². The van der Waals surface area contributed by atoms with Crippen LogP contribution in [-0.2, 0) is 10.0 Å². The van der Waals surface area contributed by atoms with E-state index in [2.05, 4.69) is 0 Å². The first kappa shape index (κ1) is 15.1. The van der Waals surface area contributed by atoms with E-state index < -0.39 is 15.6 Å². The summed E-state index contributed by atoms with van der Waals surface area (Å²) < 4.78 is 25.8. The molecule has 0 amide bonds. The van der Waals surface area contributed by atoms with Gasteiger partial charge in [-0.3, -0.25) is 0 Å². The van der Waals surface area contributed by atoms with Crippen molar-refractivity contribution in [1.82, 2.24) is 4.31 Å². The van der Waals surface area contributed by atoms with Crippen LogP contribution in [0, 0.1) is 0 Å². The maximum atomic E-state index is 12.3. The smallest absolute Gasteiger partial charge is 0.243 e. The summed E-state index contributed by atoms with van der Waals surface area (Å²) in [5, 5.41) is 10.5. The van der Waals surface area contributed by atoms with Crippen LogP contribution in [0.1, 0.15) is 19.8 Å². The van der Waals surface area contributed by atoms with Crippen molar-refractivity contribution in [2.24, 2.45) is 0 Å². The number of rotatable bonds is 4. The highest BCUT2D eigenvalue weighted by molar-refractivity contribution is 7.89. The third-order valence-corrected chi connectivity index (χ3v) is 5.71. The fraction of sp³-hybridized carbons (Fsp3) is 0.500. The molecule has 19 heavy (non-hydrogen) atoms. The van der Waals surface area contributed by atoms with Crippen molar-refractivity contribution >= 4 is 33.2 Å². The first-order valence-electron chi connectivity index (χ1n) is 5.96. The number of nitrogens with zero attached hydrogens (tertiary/aromatic N) is 1. The van der Waals surface area contributed by atoms with Gasteiger partial charge < -0.3 is 5.11 Å². The Bertz CT molecular complexity index is 583. The average molecular weight is 324 g/mol. The molecule has 0 aromatic heterocycles. The second kappa shape index (κ2) is 5.22. The largest absolute Gasteiger partial charge is 0.387 e. The molecular formula is C12H15Cl2NO3S. The van der Waals surface area contributed by atoms with Gasteiger partial charge in [-0.2, -0.15) is 4.31 Å². The molecule has 1 aromatic rings. The molecular weight excluding hydrogens is 309 g/mol.